The van der Waals surface area contributed by atoms with Crippen molar-refractivity contribution in [2.75, 3.05) is 11.6 Å². The van der Waals surface area contributed by atoms with E-state index in [0.717, 1.165) is 10.5 Å². The van der Waals surface area contributed by atoms with Crippen LogP contribution in [0.2, 0.25) is 0 Å². The van der Waals surface area contributed by atoms with E-state index in [9.17, 15) is 17.8 Å². The highest BCUT2D eigenvalue weighted by Crippen LogP contribution is 2.25. The molecule has 0 aliphatic rings. The monoisotopic (exact) mass is 396 g/mol. The largest absolute Gasteiger partial charge is 0.433 e. The summed E-state index contributed by atoms with van der Waals surface area (Å²) in [6, 6.07) is 12.6. The molecule has 3 atom stereocenters. The molecule has 2 aromatic rings. The Hall–Kier alpha value is -2.32. The molecule has 0 saturated heterocycles. The maximum absolute atomic E-state index is 12.5. The number of amides is 1. The van der Waals surface area contributed by atoms with Crippen LogP contribution in [0.5, 0.6) is 5.75 Å². The Bertz CT molecular complexity index is 800. The zero-order chi connectivity index (χ0) is 20.0. The predicted octanol–water partition coefficient (Wildman–Crippen LogP) is 3.70. The molecule has 1 amide bonds. The van der Waals surface area contributed by atoms with E-state index in [1.165, 1.54) is 12.1 Å². The molecule has 0 radical (unpaired) electrons. The smallest absolute Gasteiger partial charge is 0.387 e. The summed E-state index contributed by atoms with van der Waals surface area (Å²) in [5.74, 6) is -0.470. The second kappa shape index (κ2) is 9.57. The van der Waals surface area contributed by atoms with Gasteiger partial charge in [-0.05, 0) is 43.7 Å². The number of anilines is 1. The van der Waals surface area contributed by atoms with Crippen molar-refractivity contribution < 1.29 is 22.5 Å². The summed E-state index contributed by atoms with van der Waals surface area (Å²) in [5, 5.41) is 5.74. The van der Waals surface area contributed by atoms with Crippen LogP contribution in [0.3, 0.4) is 0 Å². The molecule has 5 nitrogen and oxygen atoms in total. The maximum atomic E-state index is 12.5. The molecule has 0 spiro atoms. The number of rotatable bonds is 8. The number of alkyl halides is 2. The van der Waals surface area contributed by atoms with Crippen molar-refractivity contribution in [3.8, 4) is 5.75 Å². The number of carbonyl (C=O) groups is 1. The lowest BCUT2D eigenvalue weighted by Gasteiger charge is -2.21. The third-order valence-electron chi connectivity index (χ3n) is 3.97. The van der Waals surface area contributed by atoms with E-state index >= 15 is 0 Å². The van der Waals surface area contributed by atoms with Crippen LogP contribution < -0.4 is 15.4 Å². The van der Waals surface area contributed by atoms with Gasteiger partial charge in [0.15, 0.2) is 0 Å². The van der Waals surface area contributed by atoms with E-state index in [1.807, 2.05) is 19.1 Å². The van der Waals surface area contributed by atoms with Crippen molar-refractivity contribution in [3.05, 3.63) is 54.1 Å². The Morgan fingerprint density at radius 2 is 1.70 bits per heavy atom. The third-order valence-corrected chi connectivity index (χ3v) is 4.90. The predicted molar refractivity (Wildman–Crippen MR) is 101 cm³/mol. The van der Waals surface area contributed by atoms with Gasteiger partial charge in [0, 0.05) is 28.0 Å². The minimum absolute atomic E-state index is 0.0933. The molecule has 0 aromatic heterocycles. The Balaban J connectivity index is 2.00. The summed E-state index contributed by atoms with van der Waals surface area (Å²) in [4.78, 5) is 13.1. The fourth-order valence-corrected chi connectivity index (χ4v) is 3.02. The highest BCUT2D eigenvalue weighted by molar-refractivity contribution is 7.84. The zero-order valence-electron chi connectivity index (χ0n) is 15.2. The van der Waals surface area contributed by atoms with Crippen molar-refractivity contribution in [1.29, 1.82) is 0 Å². The van der Waals surface area contributed by atoms with Gasteiger partial charge < -0.3 is 10.1 Å². The van der Waals surface area contributed by atoms with E-state index in [4.69, 9.17) is 0 Å². The van der Waals surface area contributed by atoms with E-state index in [-0.39, 0.29) is 23.4 Å². The molecule has 0 heterocycles. The molecule has 0 aliphatic heterocycles. The Morgan fingerprint density at radius 3 is 2.30 bits per heavy atom. The van der Waals surface area contributed by atoms with E-state index < -0.39 is 23.5 Å². The Morgan fingerprint density at radius 1 is 1.07 bits per heavy atom. The van der Waals surface area contributed by atoms with Gasteiger partial charge in [0.1, 0.15) is 5.75 Å². The normalized spacial score (nSPS) is 14.4. The van der Waals surface area contributed by atoms with Gasteiger partial charge >= 0.3 is 6.61 Å². The topological polar surface area (TPSA) is 67.4 Å². The van der Waals surface area contributed by atoms with Crippen LogP contribution in [0.1, 0.15) is 25.5 Å². The number of hydrogen-bond donors (Lipinski definition) is 2. The van der Waals surface area contributed by atoms with E-state index in [0.29, 0.717) is 0 Å². The number of carbonyl (C=O) groups excluding carboxylic acids is 1. The number of ether oxygens (including phenoxy) is 1. The fraction of sp³-hybridized carbons (Fsp3) is 0.316. The van der Waals surface area contributed by atoms with Crippen molar-refractivity contribution in [1.82, 2.24) is 5.32 Å². The summed E-state index contributed by atoms with van der Waals surface area (Å²) in [5.41, 5.74) is 1.11. The molecule has 2 N–H and O–H groups in total. The molecule has 0 bridgehead atoms. The van der Waals surface area contributed by atoms with Crippen LogP contribution in [0.25, 0.3) is 0 Å². The maximum Gasteiger partial charge on any atom is 0.387 e. The molecule has 0 fully saturated rings. The van der Waals surface area contributed by atoms with E-state index in [2.05, 4.69) is 15.4 Å². The summed E-state index contributed by atoms with van der Waals surface area (Å²) in [6.07, 6.45) is 1.61. The summed E-state index contributed by atoms with van der Waals surface area (Å²) in [6.45, 7) is 0.604. The SMILES string of the molecule is C[C@H](N[C@@H](C)c1ccc([S@@](C)=O)cc1)C(=O)Nc1ccccc1OC(F)F. The molecular weight excluding hydrogens is 374 g/mol. The minimum Gasteiger partial charge on any atom is -0.433 e. The van der Waals surface area contributed by atoms with Crippen molar-refractivity contribution in [3.63, 3.8) is 0 Å². The average Bonchev–Trinajstić information content (AvgIpc) is 2.62. The summed E-state index contributed by atoms with van der Waals surface area (Å²) >= 11 is 0. The van der Waals surface area contributed by atoms with Crippen LogP contribution in [-0.4, -0.2) is 29.0 Å². The molecule has 2 aromatic carbocycles. The van der Waals surface area contributed by atoms with Crippen LogP contribution in [0, 0.1) is 0 Å². The Labute approximate surface area is 159 Å². The third kappa shape index (κ3) is 6.11. The fourth-order valence-electron chi connectivity index (χ4n) is 2.50. The number of benzene rings is 2. The first-order valence-electron chi connectivity index (χ1n) is 8.32. The van der Waals surface area contributed by atoms with Gasteiger partial charge in [-0.1, -0.05) is 24.3 Å². The van der Waals surface area contributed by atoms with Crippen LogP contribution in [0.4, 0.5) is 14.5 Å². The van der Waals surface area contributed by atoms with Gasteiger partial charge in [0.05, 0.1) is 11.7 Å². The standard InChI is InChI=1S/C19H22F2N2O3S/c1-12(14-8-10-15(11-9-14)27(3)25)22-13(2)18(24)23-16-6-4-5-7-17(16)26-19(20)21/h4-13,19,22H,1-3H3,(H,23,24)/t12-,13-,27+/m0/s1. The lowest BCUT2D eigenvalue weighted by molar-refractivity contribution is -0.118. The first kappa shape index (κ1) is 21.0. The summed E-state index contributed by atoms with van der Waals surface area (Å²) in [7, 11) is -1.05. The van der Waals surface area contributed by atoms with Gasteiger partial charge in [0.2, 0.25) is 5.91 Å². The van der Waals surface area contributed by atoms with Crippen LogP contribution >= 0.6 is 0 Å². The average molecular weight is 396 g/mol. The number of halogens is 2. The van der Waals surface area contributed by atoms with Crippen molar-refractivity contribution >= 4 is 22.4 Å². The molecule has 27 heavy (non-hydrogen) atoms. The molecule has 0 aliphatic carbocycles. The van der Waals surface area contributed by atoms with Gasteiger partial charge in [-0.15, -0.1) is 0 Å². The Kier molecular flexibility index (Phi) is 7.44. The highest BCUT2D eigenvalue weighted by Gasteiger charge is 2.18. The van der Waals surface area contributed by atoms with Gasteiger partial charge in [-0.25, -0.2) is 0 Å². The summed E-state index contributed by atoms with van der Waals surface area (Å²) < 4.78 is 40.8. The molecule has 146 valence electrons. The van der Waals surface area contributed by atoms with Crippen molar-refractivity contribution in [2.24, 2.45) is 0 Å². The first-order valence-corrected chi connectivity index (χ1v) is 9.88. The highest BCUT2D eigenvalue weighted by atomic mass is 32.2. The first-order chi connectivity index (χ1) is 12.8. The number of nitrogens with one attached hydrogen (secondary N) is 2. The quantitative estimate of drug-likeness (QED) is 0.714. The van der Waals surface area contributed by atoms with E-state index in [1.54, 1.807) is 37.4 Å². The van der Waals surface area contributed by atoms with Gasteiger partial charge in [0.25, 0.3) is 0 Å². The van der Waals surface area contributed by atoms with Crippen molar-refractivity contribution in [2.45, 2.75) is 37.4 Å². The molecule has 8 heteroatoms. The molecule has 0 saturated carbocycles. The second-order valence-corrected chi connectivity index (χ2v) is 7.38. The van der Waals surface area contributed by atoms with Crippen LogP contribution in [0.15, 0.2) is 53.4 Å². The van der Waals surface area contributed by atoms with Gasteiger partial charge in [-0.2, -0.15) is 8.78 Å². The zero-order valence-corrected chi connectivity index (χ0v) is 16.1. The van der Waals surface area contributed by atoms with Crippen LogP contribution in [-0.2, 0) is 15.6 Å². The van der Waals surface area contributed by atoms with Gasteiger partial charge in [-0.3, -0.25) is 14.3 Å². The second-order valence-electron chi connectivity index (χ2n) is 6.00. The molecular formula is C19H22F2N2O3S. The molecule has 2 rings (SSSR count). The number of para-hydroxylation sites is 2. The molecule has 0 unspecified atom stereocenters. The number of hydrogen-bond acceptors (Lipinski definition) is 4. The minimum atomic E-state index is -2.97. The lowest BCUT2D eigenvalue weighted by Crippen LogP contribution is -2.39. The lowest BCUT2D eigenvalue weighted by atomic mass is 10.1.